The average Bonchev–Trinajstić information content (AvgIpc) is 2.55. The quantitative estimate of drug-likeness (QED) is 0.794. The molecule has 0 radical (unpaired) electrons. The molecular formula is C17H14N2O4S. The summed E-state index contributed by atoms with van der Waals surface area (Å²) in [5.74, 6) is -1.62. The second-order valence-corrected chi connectivity index (χ2v) is 6.47. The number of carbonyl (C=O) groups excluding carboxylic acids is 2. The van der Waals surface area contributed by atoms with Crippen molar-refractivity contribution in [3.8, 4) is 0 Å². The maximum absolute atomic E-state index is 12.2. The molecule has 0 aromatic heterocycles. The van der Waals surface area contributed by atoms with Crippen molar-refractivity contribution in [2.75, 3.05) is 10.6 Å². The van der Waals surface area contributed by atoms with Crippen LogP contribution in [0.5, 0.6) is 0 Å². The first-order valence-corrected chi connectivity index (χ1v) is 8.10. The van der Waals surface area contributed by atoms with Crippen LogP contribution in [0.15, 0.2) is 53.4 Å². The molecular weight excluding hydrogens is 328 g/mol. The Hall–Kier alpha value is -2.80. The molecule has 3 N–H and O–H groups in total. The van der Waals surface area contributed by atoms with Crippen molar-refractivity contribution in [2.45, 2.75) is 16.6 Å². The topological polar surface area (TPSA) is 95.5 Å². The van der Waals surface area contributed by atoms with Gasteiger partial charge in [-0.2, -0.15) is 0 Å². The van der Waals surface area contributed by atoms with E-state index in [-0.39, 0.29) is 23.8 Å². The standard InChI is InChI=1S/C17H14N2O4S/c20-15(18-11-5-3-4-10(8-11)17(22)23)9-14-16(21)19-12-6-1-2-7-13(12)24-14/h1-8,14H,9H2,(H,18,20)(H,19,21)(H,22,23)/t14-/m1/s1. The molecule has 1 heterocycles. The first kappa shape index (κ1) is 16.1. The zero-order chi connectivity index (χ0) is 17.1. The molecule has 0 fully saturated rings. The van der Waals surface area contributed by atoms with Gasteiger partial charge in [0.2, 0.25) is 11.8 Å². The predicted octanol–water partition coefficient (Wildman–Crippen LogP) is 2.83. The lowest BCUT2D eigenvalue weighted by Crippen LogP contribution is -2.32. The van der Waals surface area contributed by atoms with Crippen molar-refractivity contribution in [3.63, 3.8) is 0 Å². The molecule has 122 valence electrons. The summed E-state index contributed by atoms with van der Waals surface area (Å²) in [5.41, 5.74) is 1.23. The van der Waals surface area contributed by atoms with Crippen LogP contribution in [0.1, 0.15) is 16.8 Å². The summed E-state index contributed by atoms with van der Waals surface area (Å²) in [6.07, 6.45) is 0.00212. The number of anilines is 2. The van der Waals surface area contributed by atoms with Gasteiger partial charge in [-0.3, -0.25) is 9.59 Å². The molecule has 1 atom stereocenters. The van der Waals surface area contributed by atoms with E-state index in [4.69, 9.17) is 5.11 Å². The van der Waals surface area contributed by atoms with E-state index in [1.54, 1.807) is 12.1 Å². The molecule has 3 rings (SSSR count). The van der Waals surface area contributed by atoms with Crippen LogP contribution in [0, 0.1) is 0 Å². The molecule has 0 saturated heterocycles. The van der Waals surface area contributed by atoms with Crippen molar-refractivity contribution in [3.05, 3.63) is 54.1 Å². The Bertz CT molecular complexity index is 822. The van der Waals surface area contributed by atoms with Crippen molar-refractivity contribution >= 4 is 40.9 Å². The fraction of sp³-hybridized carbons (Fsp3) is 0.118. The minimum Gasteiger partial charge on any atom is -0.478 e. The third-order valence-corrected chi connectivity index (χ3v) is 4.75. The number of para-hydroxylation sites is 1. The van der Waals surface area contributed by atoms with E-state index in [0.717, 1.165) is 10.6 Å². The molecule has 6 nitrogen and oxygen atoms in total. The minimum atomic E-state index is -1.06. The van der Waals surface area contributed by atoms with Gasteiger partial charge in [0.05, 0.1) is 16.5 Å². The third kappa shape index (κ3) is 3.57. The summed E-state index contributed by atoms with van der Waals surface area (Å²) < 4.78 is 0. The number of fused-ring (bicyclic) bond motifs is 1. The van der Waals surface area contributed by atoms with Gasteiger partial charge in [-0.25, -0.2) is 4.79 Å². The predicted molar refractivity (Wildman–Crippen MR) is 91.4 cm³/mol. The lowest BCUT2D eigenvalue weighted by Gasteiger charge is -2.23. The van der Waals surface area contributed by atoms with Gasteiger partial charge in [0.1, 0.15) is 0 Å². The molecule has 0 saturated carbocycles. The van der Waals surface area contributed by atoms with Gasteiger partial charge in [0.15, 0.2) is 0 Å². The Morgan fingerprint density at radius 1 is 1.17 bits per heavy atom. The number of hydrogen-bond donors (Lipinski definition) is 3. The van der Waals surface area contributed by atoms with Crippen molar-refractivity contribution in [1.29, 1.82) is 0 Å². The van der Waals surface area contributed by atoms with Gasteiger partial charge in [0.25, 0.3) is 0 Å². The largest absolute Gasteiger partial charge is 0.478 e. The van der Waals surface area contributed by atoms with Crippen LogP contribution in [-0.2, 0) is 9.59 Å². The van der Waals surface area contributed by atoms with E-state index in [1.165, 1.54) is 23.9 Å². The molecule has 0 spiro atoms. The van der Waals surface area contributed by atoms with Crippen LogP contribution in [0.2, 0.25) is 0 Å². The van der Waals surface area contributed by atoms with Crippen LogP contribution in [-0.4, -0.2) is 28.1 Å². The summed E-state index contributed by atoms with van der Waals surface area (Å²) in [5, 5.41) is 13.9. The highest BCUT2D eigenvalue weighted by Crippen LogP contribution is 2.36. The molecule has 0 aliphatic carbocycles. The molecule has 2 aromatic rings. The van der Waals surface area contributed by atoms with Gasteiger partial charge >= 0.3 is 5.97 Å². The SMILES string of the molecule is O=C(C[C@H]1Sc2ccccc2NC1=O)Nc1cccc(C(=O)O)c1. The van der Waals surface area contributed by atoms with E-state index in [1.807, 2.05) is 24.3 Å². The van der Waals surface area contributed by atoms with Crippen molar-refractivity contribution < 1.29 is 19.5 Å². The number of carboxylic acids is 1. The number of nitrogens with one attached hydrogen (secondary N) is 2. The van der Waals surface area contributed by atoms with Crippen LogP contribution in [0.25, 0.3) is 0 Å². The van der Waals surface area contributed by atoms with Crippen LogP contribution < -0.4 is 10.6 Å². The number of hydrogen-bond acceptors (Lipinski definition) is 4. The number of rotatable bonds is 4. The van der Waals surface area contributed by atoms with Gasteiger partial charge in [0, 0.05) is 17.0 Å². The number of aromatic carboxylic acids is 1. The van der Waals surface area contributed by atoms with Gasteiger partial charge in [-0.1, -0.05) is 18.2 Å². The molecule has 2 amide bonds. The van der Waals surface area contributed by atoms with E-state index in [0.29, 0.717) is 5.69 Å². The van der Waals surface area contributed by atoms with Crippen LogP contribution in [0.4, 0.5) is 11.4 Å². The summed E-state index contributed by atoms with van der Waals surface area (Å²) in [6, 6.07) is 13.4. The maximum Gasteiger partial charge on any atom is 0.335 e. The van der Waals surface area contributed by atoms with E-state index in [9.17, 15) is 14.4 Å². The Kier molecular flexibility index (Phi) is 4.52. The zero-order valence-electron chi connectivity index (χ0n) is 12.5. The molecule has 1 aliphatic heterocycles. The number of amides is 2. The van der Waals surface area contributed by atoms with E-state index in [2.05, 4.69) is 10.6 Å². The fourth-order valence-corrected chi connectivity index (χ4v) is 3.45. The smallest absolute Gasteiger partial charge is 0.335 e. The monoisotopic (exact) mass is 342 g/mol. The highest BCUT2D eigenvalue weighted by molar-refractivity contribution is 8.01. The second kappa shape index (κ2) is 6.76. The fourth-order valence-electron chi connectivity index (χ4n) is 2.34. The maximum atomic E-state index is 12.2. The van der Waals surface area contributed by atoms with Crippen molar-refractivity contribution in [2.24, 2.45) is 0 Å². The Balaban J connectivity index is 1.66. The lowest BCUT2D eigenvalue weighted by molar-refractivity contribution is -0.120. The third-order valence-electron chi connectivity index (χ3n) is 3.47. The molecule has 0 bridgehead atoms. The molecule has 7 heteroatoms. The first-order valence-electron chi connectivity index (χ1n) is 7.22. The minimum absolute atomic E-state index is 0.00212. The van der Waals surface area contributed by atoms with E-state index >= 15 is 0 Å². The lowest BCUT2D eigenvalue weighted by atomic mass is 10.2. The Morgan fingerprint density at radius 3 is 2.75 bits per heavy atom. The summed E-state index contributed by atoms with van der Waals surface area (Å²) >= 11 is 1.35. The van der Waals surface area contributed by atoms with Crippen LogP contribution in [0.3, 0.4) is 0 Å². The Morgan fingerprint density at radius 2 is 1.96 bits per heavy atom. The van der Waals surface area contributed by atoms with Crippen LogP contribution >= 0.6 is 11.8 Å². The first-order chi connectivity index (χ1) is 11.5. The summed E-state index contributed by atoms with van der Waals surface area (Å²) in [6.45, 7) is 0. The summed E-state index contributed by atoms with van der Waals surface area (Å²) in [4.78, 5) is 36.1. The molecule has 1 aliphatic rings. The van der Waals surface area contributed by atoms with Gasteiger partial charge < -0.3 is 15.7 Å². The second-order valence-electron chi connectivity index (χ2n) is 5.23. The molecule has 2 aromatic carbocycles. The van der Waals surface area contributed by atoms with E-state index < -0.39 is 11.2 Å². The normalized spacial score (nSPS) is 16.0. The van der Waals surface area contributed by atoms with Crippen molar-refractivity contribution in [1.82, 2.24) is 0 Å². The number of carbonyl (C=O) groups is 3. The average molecular weight is 342 g/mol. The van der Waals surface area contributed by atoms with Gasteiger partial charge in [-0.15, -0.1) is 11.8 Å². The Labute approximate surface area is 142 Å². The molecule has 24 heavy (non-hydrogen) atoms. The number of carboxylic acid groups (broad SMARTS) is 1. The number of benzene rings is 2. The highest BCUT2D eigenvalue weighted by atomic mass is 32.2. The summed E-state index contributed by atoms with van der Waals surface area (Å²) in [7, 11) is 0. The molecule has 0 unspecified atom stereocenters. The highest BCUT2D eigenvalue weighted by Gasteiger charge is 2.28. The van der Waals surface area contributed by atoms with Gasteiger partial charge in [-0.05, 0) is 30.3 Å². The zero-order valence-corrected chi connectivity index (χ0v) is 13.3. The number of thioether (sulfide) groups is 1.